The molecular formula is C20H20ClN3O2S. The summed E-state index contributed by atoms with van der Waals surface area (Å²) in [6, 6.07) is 13.2. The highest BCUT2D eigenvalue weighted by Gasteiger charge is 2.29. The van der Waals surface area contributed by atoms with Gasteiger partial charge >= 0.3 is 0 Å². The average Bonchev–Trinajstić information content (AvgIpc) is 3.17. The van der Waals surface area contributed by atoms with Crippen molar-refractivity contribution < 1.29 is 9.59 Å². The van der Waals surface area contributed by atoms with Crippen molar-refractivity contribution in [2.75, 3.05) is 28.6 Å². The summed E-state index contributed by atoms with van der Waals surface area (Å²) in [6.07, 6.45) is 2.40. The largest absolute Gasteiger partial charge is 0.370 e. The number of carbonyl (C=O) groups excluding carboxylic acids is 2. The van der Waals surface area contributed by atoms with Crippen LogP contribution in [-0.4, -0.2) is 30.2 Å². The topological polar surface area (TPSA) is 61.4 Å². The molecule has 1 saturated heterocycles. The van der Waals surface area contributed by atoms with Gasteiger partial charge < -0.3 is 15.5 Å². The molecule has 2 aliphatic heterocycles. The van der Waals surface area contributed by atoms with Gasteiger partial charge in [-0.15, -0.1) is 11.8 Å². The monoisotopic (exact) mass is 401 g/mol. The van der Waals surface area contributed by atoms with Crippen molar-refractivity contribution in [2.24, 2.45) is 0 Å². The second kappa shape index (κ2) is 7.82. The first-order valence-electron chi connectivity index (χ1n) is 9.01. The van der Waals surface area contributed by atoms with Crippen LogP contribution < -0.4 is 15.5 Å². The number of rotatable bonds is 4. The molecule has 7 heteroatoms. The molecule has 2 aromatic carbocycles. The maximum absolute atomic E-state index is 12.7. The van der Waals surface area contributed by atoms with Gasteiger partial charge in [-0.2, -0.15) is 0 Å². The zero-order valence-electron chi connectivity index (χ0n) is 14.7. The number of hydrogen-bond donors (Lipinski definition) is 2. The lowest BCUT2D eigenvalue weighted by molar-refractivity contribution is -0.120. The summed E-state index contributed by atoms with van der Waals surface area (Å²) in [7, 11) is 0. The zero-order valence-corrected chi connectivity index (χ0v) is 16.3. The molecule has 2 aliphatic rings. The molecule has 27 heavy (non-hydrogen) atoms. The summed E-state index contributed by atoms with van der Waals surface area (Å²) in [5.74, 6) is -0.329. The second-order valence-electron chi connectivity index (χ2n) is 6.70. The van der Waals surface area contributed by atoms with Crippen LogP contribution >= 0.6 is 23.4 Å². The third kappa shape index (κ3) is 4.06. The zero-order chi connectivity index (χ0) is 18.8. The number of benzene rings is 2. The number of thioether (sulfide) groups is 1. The van der Waals surface area contributed by atoms with E-state index in [9.17, 15) is 9.59 Å². The third-order valence-electron chi connectivity index (χ3n) is 4.76. The highest BCUT2D eigenvalue weighted by Crippen LogP contribution is 2.37. The Kier molecular flexibility index (Phi) is 5.27. The minimum Gasteiger partial charge on any atom is -0.370 e. The highest BCUT2D eigenvalue weighted by atomic mass is 35.5. The van der Waals surface area contributed by atoms with Gasteiger partial charge in [0.15, 0.2) is 0 Å². The molecule has 2 N–H and O–H groups in total. The van der Waals surface area contributed by atoms with Gasteiger partial charge in [0.2, 0.25) is 11.8 Å². The Bertz CT molecular complexity index is 883. The van der Waals surface area contributed by atoms with Crippen LogP contribution in [0.1, 0.15) is 19.3 Å². The molecule has 140 valence electrons. The van der Waals surface area contributed by atoms with Gasteiger partial charge in [0.1, 0.15) is 0 Å². The van der Waals surface area contributed by atoms with E-state index in [-0.39, 0.29) is 18.2 Å². The number of para-hydroxylation sites is 1. The second-order valence-corrected chi connectivity index (χ2v) is 8.38. The molecule has 0 spiro atoms. The fourth-order valence-corrected chi connectivity index (χ4v) is 4.72. The van der Waals surface area contributed by atoms with E-state index >= 15 is 0 Å². The van der Waals surface area contributed by atoms with E-state index in [2.05, 4.69) is 15.5 Å². The molecule has 2 heterocycles. The van der Waals surface area contributed by atoms with Crippen LogP contribution in [0.15, 0.2) is 47.4 Å². The lowest BCUT2D eigenvalue weighted by atomic mass is 10.2. The molecule has 0 aromatic heterocycles. The number of nitrogens with one attached hydrogen (secondary N) is 2. The van der Waals surface area contributed by atoms with Crippen molar-refractivity contribution >= 4 is 52.2 Å². The van der Waals surface area contributed by atoms with Crippen molar-refractivity contribution in [3.05, 3.63) is 47.5 Å². The standard InChI is InChI=1S/C20H20ClN3O2S/c21-13-7-8-16(24-9-3-4-10-24)15(11-13)22-19(25)12-18-20(26)23-14-5-1-2-6-17(14)27-18/h1-2,5-8,11,18H,3-4,9-10,12H2,(H,22,25)(H,23,26). The van der Waals surface area contributed by atoms with Crippen LogP contribution in [0.25, 0.3) is 0 Å². The van der Waals surface area contributed by atoms with E-state index in [4.69, 9.17) is 11.6 Å². The van der Waals surface area contributed by atoms with Gasteiger partial charge in [-0.3, -0.25) is 9.59 Å². The molecule has 5 nitrogen and oxygen atoms in total. The Morgan fingerprint density at radius 2 is 2.00 bits per heavy atom. The molecule has 0 saturated carbocycles. The van der Waals surface area contributed by atoms with E-state index in [0.29, 0.717) is 10.7 Å². The number of halogens is 1. The summed E-state index contributed by atoms with van der Waals surface area (Å²) < 4.78 is 0. The first-order valence-corrected chi connectivity index (χ1v) is 10.3. The first-order chi connectivity index (χ1) is 13.1. The fourth-order valence-electron chi connectivity index (χ4n) is 3.44. The smallest absolute Gasteiger partial charge is 0.238 e. The van der Waals surface area contributed by atoms with Gasteiger partial charge in [-0.1, -0.05) is 23.7 Å². The molecule has 0 aliphatic carbocycles. The quantitative estimate of drug-likeness (QED) is 0.798. The van der Waals surface area contributed by atoms with E-state index in [1.54, 1.807) is 6.07 Å². The number of hydrogen-bond acceptors (Lipinski definition) is 4. The Balaban J connectivity index is 1.47. The molecule has 1 atom stereocenters. The number of anilines is 3. The van der Waals surface area contributed by atoms with Crippen molar-refractivity contribution in [1.82, 2.24) is 0 Å². The van der Waals surface area contributed by atoms with Crippen molar-refractivity contribution in [1.29, 1.82) is 0 Å². The number of fused-ring (bicyclic) bond motifs is 1. The van der Waals surface area contributed by atoms with E-state index in [1.807, 2.05) is 36.4 Å². The molecule has 4 rings (SSSR count). The summed E-state index contributed by atoms with van der Waals surface area (Å²) in [6.45, 7) is 1.95. The summed E-state index contributed by atoms with van der Waals surface area (Å²) in [4.78, 5) is 28.2. The van der Waals surface area contributed by atoms with Gasteiger partial charge in [-0.05, 0) is 43.2 Å². The normalized spacial score (nSPS) is 18.8. The minimum absolute atomic E-state index is 0.108. The van der Waals surface area contributed by atoms with Crippen LogP contribution in [0, 0.1) is 0 Å². The minimum atomic E-state index is -0.450. The fraction of sp³-hybridized carbons (Fsp3) is 0.300. The van der Waals surface area contributed by atoms with Gasteiger partial charge in [-0.25, -0.2) is 0 Å². The Hall–Kier alpha value is -2.18. The Morgan fingerprint density at radius 3 is 2.81 bits per heavy atom. The molecule has 2 aromatic rings. The predicted molar refractivity (Wildman–Crippen MR) is 111 cm³/mol. The lowest BCUT2D eigenvalue weighted by Crippen LogP contribution is -2.32. The third-order valence-corrected chi connectivity index (χ3v) is 6.27. The molecule has 0 bridgehead atoms. The van der Waals surface area contributed by atoms with Gasteiger partial charge in [0.25, 0.3) is 0 Å². The van der Waals surface area contributed by atoms with E-state index < -0.39 is 5.25 Å². The number of nitrogens with zero attached hydrogens (tertiary/aromatic N) is 1. The number of amides is 2. The number of carbonyl (C=O) groups is 2. The molecule has 1 fully saturated rings. The van der Waals surface area contributed by atoms with Crippen molar-refractivity contribution in [2.45, 2.75) is 29.4 Å². The van der Waals surface area contributed by atoms with Crippen molar-refractivity contribution in [3.63, 3.8) is 0 Å². The maximum atomic E-state index is 12.7. The Labute approximate surface area is 167 Å². The van der Waals surface area contributed by atoms with Crippen LogP contribution in [0.5, 0.6) is 0 Å². The van der Waals surface area contributed by atoms with Gasteiger partial charge in [0, 0.05) is 29.4 Å². The maximum Gasteiger partial charge on any atom is 0.238 e. The van der Waals surface area contributed by atoms with Crippen LogP contribution in [0.3, 0.4) is 0 Å². The average molecular weight is 402 g/mol. The molecule has 0 radical (unpaired) electrons. The molecular weight excluding hydrogens is 382 g/mol. The molecule has 2 amide bonds. The van der Waals surface area contributed by atoms with Crippen molar-refractivity contribution in [3.8, 4) is 0 Å². The first kappa shape index (κ1) is 18.2. The van der Waals surface area contributed by atoms with Crippen LogP contribution in [0.4, 0.5) is 17.1 Å². The van der Waals surface area contributed by atoms with Gasteiger partial charge in [0.05, 0.1) is 22.3 Å². The summed E-state index contributed by atoms with van der Waals surface area (Å²) in [5.41, 5.74) is 2.49. The van der Waals surface area contributed by atoms with Crippen LogP contribution in [0.2, 0.25) is 5.02 Å². The lowest BCUT2D eigenvalue weighted by Gasteiger charge is -2.24. The van der Waals surface area contributed by atoms with E-state index in [0.717, 1.165) is 42.2 Å². The predicted octanol–water partition coefficient (Wildman–Crippen LogP) is 4.38. The Morgan fingerprint density at radius 1 is 1.22 bits per heavy atom. The SMILES string of the molecule is O=C(CC1Sc2ccccc2NC1=O)Nc1cc(Cl)ccc1N1CCCC1. The summed E-state index contributed by atoms with van der Waals surface area (Å²) >= 11 is 7.57. The van der Waals surface area contributed by atoms with Crippen LogP contribution in [-0.2, 0) is 9.59 Å². The highest BCUT2D eigenvalue weighted by molar-refractivity contribution is 8.01. The molecule has 1 unspecified atom stereocenters. The summed E-state index contributed by atoms with van der Waals surface area (Å²) in [5, 5.41) is 5.96. The van der Waals surface area contributed by atoms with E-state index in [1.165, 1.54) is 11.8 Å².